The first-order valence-corrected chi connectivity index (χ1v) is 12.3. The van der Waals surface area contributed by atoms with Gasteiger partial charge in [-0.1, -0.05) is 18.9 Å². The number of pyridine rings is 1. The zero-order chi connectivity index (χ0) is 23.9. The van der Waals surface area contributed by atoms with Crippen molar-refractivity contribution in [1.82, 2.24) is 10.3 Å². The predicted molar refractivity (Wildman–Crippen MR) is 132 cm³/mol. The molecule has 2 amide bonds. The molecular weight excluding hydrogens is 450 g/mol. The number of carbonyl (C=O) groups excluding carboxylic acids is 2. The maximum absolute atomic E-state index is 13.9. The van der Waals surface area contributed by atoms with Gasteiger partial charge >= 0.3 is 0 Å². The van der Waals surface area contributed by atoms with Gasteiger partial charge in [0.2, 0.25) is 11.8 Å². The van der Waals surface area contributed by atoms with Crippen LogP contribution in [0.3, 0.4) is 0 Å². The Bertz CT molecular complexity index is 1100. The van der Waals surface area contributed by atoms with Crippen molar-refractivity contribution >= 4 is 28.8 Å². The molecule has 1 unspecified atom stereocenters. The van der Waals surface area contributed by atoms with Crippen LogP contribution in [0.15, 0.2) is 60.2 Å². The van der Waals surface area contributed by atoms with Crippen molar-refractivity contribution in [2.24, 2.45) is 0 Å². The summed E-state index contributed by atoms with van der Waals surface area (Å²) in [5, 5.41) is 5.12. The van der Waals surface area contributed by atoms with Gasteiger partial charge < -0.3 is 14.8 Å². The normalized spacial score (nSPS) is 14.4. The molecule has 1 aromatic carbocycles. The lowest BCUT2D eigenvalue weighted by Crippen LogP contribution is -2.47. The number of hydrogen-bond acceptors (Lipinski definition) is 6. The van der Waals surface area contributed by atoms with Crippen molar-refractivity contribution in [2.75, 3.05) is 19.1 Å². The van der Waals surface area contributed by atoms with Gasteiger partial charge in [0.15, 0.2) is 0 Å². The number of carbonyl (C=O) groups is 2. The first-order valence-electron chi connectivity index (χ1n) is 11.4. The molecule has 34 heavy (non-hydrogen) atoms. The number of methoxy groups -OCH3 is 2. The van der Waals surface area contributed by atoms with E-state index in [1.165, 1.54) is 11.3 Å². The number of aromatic nitrogens is 1. The molecule has 1 N–H and O–H groups in total. The molecule has 0 spiro atoms. The molecule has 0 saturated heterocycles. The van der Waals surface area contributed by atoms with Crippen LogP contribution in [0, 0.1) is 0 Å². The van der Waals surface area contributed by atoms with Gasteiger partial charge in [-0.15, -0.1) is 11.3 Å². The fourth-order valence-corrected chi connectivity index (χ4v) is 5.06. The van der Waals surface area contributed by atoms with Gasteiger partial charge in [-0.05, 0) is 54.1 Å². The zero-order valence-corrected chi connectivity index (χ0v) is 20.2. The first-order chi connectivity index (χ1) is 16.6. The average molecular weight is 480 g/mol. The molecule has 178 valence electrons. The van der Waals surface area contributed by atoms with Gasteiger partial charge in [0, 0.05) is 29.4 Å². The molecule has 7 nitrogen and oxygen atoms in total. The summed E-state index contributed by atoms with van der Waals surface area (Å²) in [6.07, 6.45) is 7.51. The molecule has 3 aromatic rings. The smallest absolute Gasteiger partial charge is 0.248 e. The van der Waals surface area contributed by atoms with Crippen LogP contribution in [-0.2, 0) is 16.0 Å². The van der Waals surface area contributed by atoms with E-state index in [9.17, 15) is 9.59 Å². The molecular formula is C26H29N3O4S. The van der Waals surface area contributed by atoms with Crippen LogP contribution in [0.2, 0.25) is 0 Å². The number of ether oxygens (including phenoxy) is 2. The number of benzene rings is 1. The minimum atomic E-state index is -0.892. The molecule has 0 bridgehead atoms. The second kappa shape index (κ2) is 11.2. The highest BCUT2D eigenvalue weighted by molar-refractivity contribution is 7.10. The number of rotatable bonds is 9. The van der Waals surface area contributed by atoms with E-state index < -0.39 is 6.04 Å². The van der Waals surface area contributed by atoms with Crippen LogP contribution in [0.1, 0.15) is 42.2 Å². The van der Waals surface area contributed by atoms with Crippen LogP contribution < -0.4 is 19.7 Å². The van der Waals surface area contributed by atoms with Crippen molar-refractivity contribution in [3.05, 3.63) is 70.7 Å². The summed E-state index contributed by atoms with van der Waals surface area (Å²) in [5.41, 5.74) is 1.15. The third kappa shape index (κ3) is 5.39. The van der Waals surface area contributed by atoms with Gasteiger partial charge in [0.1, 0.15) is 17.5 Å². The lowest BCUT2D eigenvalue weighted by Gasteiger charge is -2.33. The van der Waals surface area contributed by atoms with Crippen molar-refractivity contribution < 1.29 is 19.1 Å². The third-order valence-electron chi connectivity index (χ3n) is 6.05. The van der Waals surface area contributed by atoms with Gasteiger partial charge in [0.25, 0.3) is 0 Å². The van der Waals surface area contributed by atoms with Crippen LogP contribution >= 0.6 is 11.3 Å². The lowest BCUT2D eigenvalue weighted by molar-refractivity contribution is -0.127. The standard InChI is InChI=1S/C26H29N3O4S/c1-32-20-9-10-23(33-2)22(16-20)29(24(30)17-21-8-5-15-34-21)25(18-11-13-27-14-12-18)26(31)28-19-6-3-4-7-19/h5,8-16,19,25H,3-4,6-7,17H2,1-2H3,(H,28,31). The third-order valence-corrected chi connectivity index (χ3v) is 6.93. The molecule has 0 aliphatic heterocycles. The maximum atomic E-state index is 13.9. The molecule has 2 aromatic heterocycles. The highest BCUT2D eigenvalue weighted by Crippen LogP contribution is 2.38. The Morgan fingerprint density at radius 2 is 1.88 bits per heavy atom. The summed E-state index contributed by atoms with van der Waals surface area (Å²) in [7, 11) is 3.11. The van der Waals surface area contributed by atoms with Crippen molar-refractivity contribution in [1.29, 1.82) is 0 Å². The molecule has 4 rings (SSSR count). The number of nitrogens with zero attached hydrogens (tertiary/aromatic N) is 2. The summed E-state index contributed by atoms with van der Waals surface area (Å²) in [6.45, 7) is 0. The Hall–Kier alpha value is -3.39. The van der Waals surface area contributed by atoms with E-state index in [4.69, 9.17) is 9.47 Å². The second-order valence-corrected chi connectivity index (χ2v) is 9.26. The molecule has 1 fully saturated rings. The SMILES string of the molecule is COc1ccc(OC)c(N(C(=O)Cc2cccs2)C(C(=O)NC2CCCC2)c2ccncc2)c1. The number of nitrogens with one attached hydrogen (secondary N) is 1. The van der Waals surface area contributed by atoms with Crippen LogP contribution in [0.5, 0.6) is 11.5 Å². The summed E-state index contributed by atoms with van der Waals surface area (Å²) in [5.74, 6) is 0.613. The monoisotopic (exact) mass is 479 g/mol. The minimum Gasteiger partial charge on any atom is -0.497 e. The number of thiophene rings is 1. The molecule has 2 heterocycles. The fourth-order valence-electron chi connectivity index (χ4n) is 4.36. The topological polar surface area (TPSA) is 80.8 Å². The van der Waals surface area contributed by atoms with E-state index in [0.29, 0.717) is 22.7 Å². The summed E-state index contributed by atoms with van der Waals surface area (Å²) in [6, 6.07) is 11.9. The summed E-state index contributed by atoms with van der Waals surface area (Å²) >= 11 is 1.51. The molecule has 1 atom stereocenters. The summed E-state index contributed by atoms with van der Waals surface area (Å²) in [4.78, 5) is 34.2. The average Bonchev–Trinajstić information content (AvgIpc) is 3.57. The minimum absolute atomic E-state index is 0.110. The van der Waals surface area contributed by atoms with E-state index in [0.717, 1.165) is 30.6 Å². The predicted octanol–water partition coefficient (Wildman–Crippen LogP) is 4.54. The van der Waals surface area contributed by atoms with E-state index in [2.05, 4.69) is 10.3 Å². The fraction of sp³-hybridized carbons (Fsp3) is 0.346. The Kier molecular flexibility index (Phi) is 7.80. The second-order valence-electron chi connectivity index (χ2n) is 8.23. The number of anilines is 1. The maximum Gasteiger partial charge on any atom is 0.248 e. The molecule has 8 heteroatoms. The van der Waals surface area contributed by atoms with Gasteiger partial charge in [-0.2, -0.15) is 0 Å². The largest absolute Gasteiger partial charge is 0.497 e. The van der Waals surface area contributed by atoms with Crippen LogP contribution in [-0.4, -0.2) is 37.1 Å². The Morgan fingerprint density at radius 1 is 1.12 bits per heavy atom. The van der Waals surface area contributed by atoms with Crippen molar-refractivity contribution in [3.63, 3.8) is 0 Å². The van der Waals surface area contributed by atoms with Crippen LogP contribution in [0.25, 0.3) is 0 Å². The lowest BCUT2D eigenvalue weighted by atomic mass is 10.0. The van der Waals surface area contributed by atoms with Gasteiger partial charge in [-0.3, -0.25) is 19.5 Å². The van der Waals surface area contributed by atoms with E-state index in [-0.39, 0.29) is 24.3 Å². The van der Waals surface area contributed by atoms with Gasteiger partial charge in [-0.25, -0.2) is 0 Å². The van der Waals surface area contributed by atoms with E-state index in [1.807, 2.05) is 17.5 Å². The Labute approximate surface area is 203 Å². The Morgan fingerprint density at radius 3 is 2.53 bits per heavy atom. The number of amides is 2. The van der Waals surface area contributed by atoms with E-state index in [1.54, 1.807) is 61.8 Å². The summed E-state index contributed by atoms with van der Waals surface area (Å²) < 4.78 is 11.1. The highest BCUT2D eigenvalue weighted by atomic mass is 32.1. The quantitative estimate of drug-likeness (QED) is 0.488. The van der Waals surface area contributed by atoms with Crippen molar-refractivity contribution in [3.8, 4) is 11.5 Å². The van der Waals surface area contributed by atoms with Crippen LogP contribution in [0.4, 0.5) is 5.69 Å². The molecule has 1 aliphatic carbocycles. The highest BCUT2D eigenvalue weighted by Gasteiger charge is 2.36. The molecule has 1 aliphatic rings. The van der Waals surface area contributed by atoms with Gasteiger partial charge in [0.05, 0.1) is 26.3 Å². The van der Waals surface area contributed by atoms with Crippen molar-refractivity contribution in [2.45, 2.75) is 44.2 Å². The number of hydrogen-bond donors (Lipinski definition) is 1. The molecule has 0 radical (unpaired) electrons. The first kappa shape index (κ1) is 23.8. The molecule has 1 saturated carbocycles. The Balaban J connectivity index is 1.82. The van der Waals surface area contributed by atoms with E-state index >= 15 is 0 Å². The zero-order valence-electron chi connectivity index (χ0n) is 19.4.